The van der Waals surface area contributed by atoms with Crippen LogP contribution in [0, 0.1) is 0 Å². The molecule has 0 amide bonds. The van der Waals surface area contributed by atoms with E-state index in [9.17, 15) is 0 Å². The van der Waals surface area contributed by atoms with Crippen molar-refractivity contribution in [1.29, 1.82) is 0 Å². The molecule has 2 heterocycles. The van der Waals surface area contributed by atoms with E-state index in [2.05, 4.69) is 267 Å². The first-order valence-electron chi connectivity index (χ1n) is 24.9. The molecule has 0 saturated heterocycles. The fourth-order valence-corrected chi connectivity index (χ4v) is 13.0. The maximum Gasteiger partial charge on any atom is 0.143 e. The quantitative estimate of drug-likeness (QED) is 0.131. The van der Waals surface area contributed by atoms with Gasteiger partial charge in [-0.1, -0.05) is 249 Å². The Bertz CT molecular complexity index is 4230. The van der Waals surface area contributed by atoms with Crippen LogP contribution in [0.15, 0.2) is 265 Å². The van der Waals surface area contributed by atoms with E-state index in [1.165, 1.54) is 98.1 Å². The molecule has 1 aliphatic rings. The lowest BCUT2D eigenvalue weighted by molar-refractivity contribution is 0.670. The molecule has 2 heteroatoms. The van der Waals surface area contributed by atoms with Gasteiger partial charge in [-0.2, -0.15) is 0 Å². The minimum atomic E-state index is -0.713. The number of hydrogen-bond acceptors (Lipinski definition) is 2. The number of hydrogen-bond donors (Lipinski definition) is 0. The Balaban J connectivity index is 1.01. The summed E-state index contributed by atoms with van der Waals surface area (Å²) < 4.78 is 9.33. The molecule has 72 heavy (non-hydrogen) atoms. The average molecular weight is 935 g/mol. The average Bonchev–Trinajstić information content (AvgIpc) is 4.12. The van der Waals surface area contributed by atoms with Crippen molar-refractivity contribution in [2.45, 2.75) is 11.8 Å². The van der Waals surface area contributed by atoms with Gasteiger partial charge in [0.2, 0.25) is 0 Å². The summed E-state index contributed by atoms with van der Waals surface area (Å²) in [6.45, 7) is 0. The highest BCUT2D eigenvalue weighted by Gasteiger charge is 2.47. The van der Waals surface area contributed by atoms with Crippen molar-refractivity contribution in [3.8, 4) is 44.5 Å². The summed E-state index contributed by atoms with van der Waals surface area (Å²) in [6, 6.07) is 96.2. The Labute approximate surface area is 423 Å². The van der Waals surface area contributed by atoms with Gasteiger partial charge < -0.3 is 4.42 Å². The van der Waals surface area contributed by atoms with Crippen molar-refractivity contribution in [3.63, 3.8) is 0 Å². The second-order valence-corrected chi connectivity index (χ2v) is 20.1. The molecule has 0 saturated carbocycles. The van der Waals surface area contributed by atoms with E-state index in [4.69, 9.17) is 4.42 Å². The number of para-hydroxylation sites is 2. The van der Waals surface area contributed by atoms with Crippen LogP contribution in [0.4, 0.5) is 0 Å². The summed E-state index contributed by atoms with van der Waals surface area (Å²) in [5, 5.41) is 4.85. The van der Waals surface area contributed by atoms with Gasteiger partial charge in [-0.3, -0.25) is 0 Å². The molecule has 0 radical (unpaired) electrons. The summed E-state index contributed by atoms with van der Waals surface area (Å²) >= 11 is 1.89. The van der Waals surface area contributed by atoms with Crippen molar-refractivity contribution >= 4 is 65.1 Å². The Morgan fingerprint density at radius 1 is 0.403 bits per heavy atom. The minimum Gasteiger partial charge on any atom is -0.455 e. The zero-order chi connectivity index (χ0) is 47.6. The predicted molar refractivity (Wildman–Crippen MR) is 305 cm³/mol. The molecule has 1 atom stereocenters. The molecule has 13 aromatic rings. The molecule has 1 nitrogen and oxygen atoms in total. The molecule has 11 aromatic carbocycles. The second kappa shape index (κ2) is 17.2. The number of rotatable bonds is 9. The molecule has 14 rings (SSSR count). The molecule has 1 aliphatic carbocycles. The minimum absolute atomic E-state index is 0.713. The molecule has 1 unspecified atom stereocenters. The van der Waals surface area contributed by atoms with E-state index in [1.807, 2.05) is 11.3 Å². The van der Waals surface area contributed by atoms with Gasteiger partial charge in [0.15, 0.2) is 0 Å². The summed E-state index contributed by atoms with van der Waals surface area (Å²) in [7, 11) is 0. The van der Waals surface area contributed by atoms with E-state index >= 15 is 0 Å². The predicted octanol–water partition coefficient (Wildman–Crippen LogP) is 19.1. The van der Waals surface area contributed by atoms with E-state index in [0.717, 1.165) is 39.5 Å². The van der Waals surface area contributed by atoms with Gasteiger partial charge in [0.25, 0.3) is 0 Å². The van der Waals surface area contributed by atoms with Gasteiger partial charge in [-0.25, -0.2) is 0 Å². The lowest BCUT2D eigenvalue weighted by Crippen LogP contribution is -2.29. The smallest absolute Gasteiger partial charge is 0.143 e. The van der Waals surface area contributed by atoms with Crippen LogP contribution in [0.2, 0.25) is 0 Å². The first kappa shape index (κ1) is 42.1. The highest BCUT2D eigenvalue weighted by atomic mass is 32.1. The fraction of sp³-hybridized carbons (Fsp3) is 0.0286. The number of thiophene rings is 1. The number of allylic oxidation sites excluding steroid dienone is 1. The summed E-state index contributed by atoms with van der Waals surface area (Å²) in [6.07, 6.45) is 3.12. The maximum atomic E-state index is 6.72. The van der Waals surface area contributed by atoms with Crippen molar-refractivity contribution in [1.82, 2.24) is 0 Å². The molecule has 2 aromatic heterocycles. The zero-order valence-electron chi connectivity index (χ0n) is 39.4. The van der Waals surface area contributed by atoms with Crippen molar-refractivity contribution in [2.75, 3.05) is 0 Å². The molecule has 0 fully saturated rings. The number of benzene rings is 11. The summed E-state index contributed by atoms with van der Waals surface area (Å²) in [5.41, 5.74) is 20.7. The van der Waals surface area contributed by atoms with Crippen molar-refractivity contribution < 1.29 is 4.42 Å². The maximum absolute atomic E-state index is 6.72. The third-order valence-electron chi connectivity index (χ3n) is 15.0. The Morgan fingerprint density at radius 2 is 0.986 bits per heavy atom. The first-order valence-corrected chi connectivity index (χ1v) is 25.7. The molecule has 0 spiro atoms. The molecule has 0 N–H and O–H groups in total. The van der Waals surface area contributed by atoms with Crippen molar-refractivity contribution in [2.24, 2.45) is 0 Å². The van der Waals surface area contributed by atoms with Gasteiger partial charge in [-0.15, -0.1) is 11.3 Å². The van der Waals surface area contributed by atoms with E-state index < -0.39 is 5.41 Å². The van der Waals surface area contributed by atoms with Crippen LogP contribution < -0.4 is 0 Å². The topological polar surface area (TPSA) is 13.1 Å². The van der Waals surface area contributed by atoms with E-state index in [-0.39, 0.29) is 0 Å². The van der Waals surface area contributed by atoms with Gasteiger partial charge in [-0.05, 0) is 108 Å². The second-order valence-electron chi connectivity index (χ2n) is 19.1. The van der Waals surface area contributed by atoms with Crippen LogP contribution >= 0.6 is 11.3 Å². The Hall–Kier alpha value is -8.82. The molecule has 338 valence electrons. The van der Waals surface area contributed by atoms with Crippen LogP contribution in [-0.4, -0.2) is 0 Å². The van der Waals surface area contributed by atoms with Gasteiger partial charge in [0.1, 0.15) is 11.2 Å². The largest absolute Gasteiger partial charge is 0.455 e. The van der Waals surface area contributed by atoms with Crippen molar-refractivity contribution in [3.05, 3.63) is 300 Å². The highest BCUT2D eigenvalue weighted by molar-refractivity contribution is 7.26. The third-order valence-corrected chi connectivity index (χ3v) is 16.3. The lowest BCUT2D eigenvalue weighted by Gasteiger charge is -2.36. The Kier molecular flexibility index (Phi) is 10.1. The SMILES string of the molecule is C(=C(\Cc1ccc2c(c1)C(c1cccc(-c3cccc4c3oc3ccccc34)c1)(c1ccccc1-c1cccc3c1sc1ccccc13)c1ccccc1-2)c1ccc(-c2ccccc2)cc1)/c1ccccc1. The lowest BCUT2D eigenvalue weighted by atomic mass is 9.65. The molecular formula is C70H46OS. The summed E-state index contributed by atoms with van der Waals surface area (Å²) in [5.74, 6) is 0. The van der Waals surface area contributed by atoms with E-state index in [0.29, 0.717) is 0 Å². The van der Waals surface area contributed by atoms with E-state index in [1.54, 1.807) is 0 Å². The van der Waals surface area contributed by atoms with Gasteiger partial charge >= 0.3 is 0 Å². The summed E-state index contributed by atoms with van der Waals surface area (Å²) in [4.78, 5) is 0. The van der Waals surface area contributed by atoms with Crippen LogP contribution in [0.25, 0.3) is 98.3 Å². The van der Waals surface area contributed by atoms with Crippen LogP contribution in [0.3, 0.4) is 0 Å². The fourth-order valence-electron chi connectivity index (χ4n) is 11.8. The number of fused-ring (bicyclic) bond motifs is 9. The zero-order valence-corrected chi connectivity index (χ0v) is 40.2. The number of furan rings is 1. The first-order chi connectivity index (χ1) is 35.7. The standard InChI is InChI=1S/C70H46OS/c1-3-18-46(19-4-1)42-52(50-39-37-49(38-40-50)48-20-5-2-6-21-48)43-47-36-41-57-55-24-7-11-32-63(55)70(65(57)44-47,53-23-15-22-51(45-53)54-28-16-29-60-58-26-9-13-34-66(58)71-68(54)60)64-33-12-8-25-56(64)61-30-17-31-62-59-27-10-14-35-67(59)72-69(61)62/h1-42,44-45H,43H2/b52-42-. The van der Waals surface area contributed by atoms with Crippen LogP contribution in [0.5, 0.6) is 0 Å². The highest BCUT2D eigenvalue weighted by Crippen LogP contribution is 2.59. The van der Waals surface area contributed by atoms with Gasteiger partial charge in [0.05, 0.1) is 5.41 Å². The van der Waals surface area contributed by atoms with Crippen LogP contribution in [0.1, 0.15) is 38.9 Å². The third kappa shape index (κ3) is 6.82. The Morgan fingerprint density at radius 3 is 1.79 bits per heavy atom. The van der Waals surface area contributed by atoms with Gasteiger partial charge in [0, 0.05) is 36.5 Å². The van der Waals surface area contributed by atoms with Crippen LogP contribution in [-0.2, 0) is 11.8 Å². The molecular weight excluding hydrogens is 889 g/mol. The molecule has 0 bridgehead atoms. The normalized spacial score (nSPS) is 14.3. The monoisotopic (exact) mass is 934 g/mol. The molecule has 0 aliphatic heterocycles.